The predicted octanol–water partition coefficient (Wildman–Crippen LogP) is 2.22. The molecular formula is C14H21NO2S. The summed E-state index contributed by atoms with van der Waals surface area (Å²) < 4.78 is 17.6. The SMILES string of the molecule is NCc1cccc(OCCS(=O)C2CCCC2)c1. The van der Waals surface area contributed by atoms with E-state index in [2.05, 4.69) is 0 Å². The molecule has 0 radical (unpaired) electrons. The Hall–Kier alpha value is -0.870. The van der Waals surface area contributed by atoms with E-state index >= 15 is 0 Å². The van der Waals surface area contributed by atoms with Gasteiger partial charge in [-0.1, -0.05) is 25.0 Å². The molecule has 2 N–H and O–H groups in total. The van der Waals surface area contributed by atoms with Crippen molar-refractivity contribution in [1.29, 1.82) is 0 Å². The summed E-state index contributed by atoms with van der Waals surface area (Å²) in [5.41, 5.74) is 6.63. The lowest BCUT2D eigenvalue weighted by Crippen LogP contribution is -2.18. The maximum Gasteiger partial charge on any atom is 0.119 e. The van der Waals surface area contributed by atoms with E-state index in [0.717, 1.165) is 24.2 Å². The Labute approximate surface area is 111 Å². The van der Waals surface area contributed by atoms with Crippen molar-refractivity contribution in [3.63, 3.8) is 0 Å². The minimum absolute atomic E-state index is 0.406. The molecule has 0 amide bonds. The first kappa shape index (κ1) is 13.6. The maximum absolute atomic E-state index is 12.0. The van der Waals surface area contributed by atoms with Crippen molar-refractivity contribution in [2.45, 2.75) is 37.5 Å². The summed E-state index contributed by atoms with van der Waals surface area (Å²) in [7, 11) is -0.726. The Morgan fingerprint density at radius 3 is 2.83 bits per heavy atom. The number of nitrogens with two attached hydrogens (primary N) is 1. The van der Waals surface area contributed by atoms with Gasteiger partial charge in [0.25, 0.3) is 0 Å². The van der Waals surface area contributed by atoms with Crippen LogP contribution in [0.2, 0.25) is 0 Å². The molecule has 0 aromatic heterocycles. The zero-order valence-electron chi connectivity index (χ0n) is 10.6. The summed E-state index contributed by atoms with van der Waals surface area (Å²) in [5, 5.41) is 0.406. The van der Waals surface area contributed by atoms with Crippen LogP contribution in [0.3, 0.4) is 0 Å². The van der Waals surface area contributed by atoms with Gasteiger partial charge in [-0.2, -0.15) is 0 Å². The summed E-state index contributed by atoms with van der Waals surface area (Å²) in [5.74, 6) is 1.46. The molecule has 18 heavy (non-hydrogen) atoms. The van der Waals surface area contributed by atoms with Gasteiger partial charge in [-0.3, -0.25) is 4.21 Å². The van der Waals surface area contributed by atoms with Gasteiger partial charge in [0.2, 0.25) is 0 Å². The van der Waals surface area contributed by atoms with Gasteiger partial charge in [0.1, 0.15) is 5.75 Å². The molecule has 1 fully saturated rings. The zero-order chi connectivity index (χ0) is 12.8. The molecule has 1 aromatic rings. The van der Waals surface area contributed by atoms with E-state index in [4.69, 9.17) is 10.5 Å². The largest absolute Gasteiger partial charge is 0.493 e. The van der Waals surface area contributed by atoms with Crippen LogP contribution in [0.1, 0.15) is 31.2 Å². The first-order valence-corrected chi connectivity index (χ1v) is 7.97. The van der Waals surface area contributed by atoms with Crippen molar-refractivity contribution in [3.05, 3.63) is 29.8 Å². The van der Waals surface area contributed by atoms with E-state index < -0.39 is 10.8 Å². The monoisotopic (exact) mass is 267 g/mol. The van der Waals surface area contributed by atoms with E-state index in [1.165, 1.54) is 12.8 Å². The first-order chi connectivity index (χ1) is 8.79. The van der Waals surface area contributed by atoms with Crippen LogP contribution in [0.5, 0.6) is 5.75 Å². The molecule has 1 aliphatic rings. The van der Waals surface area contributed by atoms with Gasteiger partial charge in [-0.25, -0.2) is 0 Å². The molecule has 4 heteroatoms. The summed E-state index contributed by atoms with van der Waals surface area (Å²) >= 11 is 0. The smallest absolute Gasteiger partial charge is 0.119 e. The predicted molar refractivity (Wildman–Crippen MR) is 75.1 cm³/mol. The van der Waals surface area contributed by atoms with Crippen molar-refractivity contribution >= 4 is 10.8 Å². The summed E-state index contributed by atoms with van der Waals surface area (Å²) in [6.07, 6.45) is 4.70. The van der Waals surface area contributed by atoms with Crippen molar-refractivity contribution in [3.8, 4) is 5.75 Å². The van der Waals surface area contributed by atoms with E-state index in [1.54, 1.807) is 0 Å². The first-order valence-electron chi connectivity index (χ1n) is 6.58. The van der Waals surface area contributed by atoms with Crippen molar-refractivity contribution in [2.24, 2.45) is 5.73 Å². The van der Waals surface area contributed by atoms with Crippen LogP contribution >= 0.6 is 0 Å². The number of rotatable bonds is 6. The van der Waals surface area contributed by atoms with Gasteiger partial charge in [0.05, 0.1) is 12.4 Å². The molecule has 100 valence electrons. The second kappa shape index (κ2) is 6.90. The normalized spacial score (nSPS) is 17.8. The zero-order valence-corrected chi connectivity index (χ0v) is 11.5. The van der Waals surface area contributed by atoms with Gasteiger partial charge in [-0.15, -0.1) is 0 Å². The van der Waals surface area contributed by atoms with Crippen molar-refractivity contribution in [1.82, 2.24) is 0 Å². The molecule has 1 aromatic carbocycles. The molecule has 0 bridgehead atoms. The van der Waals surface area contributed by atoms with Gasteiger partial charge in [0, 0.05) is 22.6 Å². The van der Waals surface area contributed by atoms with E-state index in [0.29, 0.717) is 24.2 Å². The Morgan fingerprint density at radius 1 is 1.33 bits per heavy atom. The fourth-order valence-corrected chi connectivity index (χ4v) is 3.76. The molecule has 1 unspecified atom stereocenters. The maximum atomic E-state index is 12.0. The minimum Gasteiger partial charge on any atom is -0.493 e. The third-order valence-electron chi connectivity index (χ3n) is 3.36. The highest BCUT2D eigenvalue weighted by molar-refractivity contribution is 7.85. The molecule has 0 heterocycles. The summed E-state index contributed by atoms with van der Waals surface area (Å²) in [6, 6.07) is 7.77. The van der Waals surface area contributed by atoms with Crippen LogP contribution in [-0.4, -0.2) is 21.8 Å². The second-order valence-corrected chi connectivity index (χ2v) is 6.53. The van der Waals surface area contributed by atoms with Crippen LogP contribution in [0, 0.1) is 0 Å². The minimum atomic E-state index is -0.726. The average molecular weight is 267 g/mol. The molecule has 1 aliphatic carbocycles. The lowest BCUT2D eigenvalue weighted by Gasteiger charge is -2.10. The lowest BCUT2D eigenvalue weighted by molar-refractivity contribution is 0.342. The molecule has 1 saturated carbocycles. The van der Waals surface area contributed by atoms with E-state index in [1.807, 2.05) is 24.3 Å². The molecule has 1 atom stereocenters. The fourth-order valence-electron chi connectivity index (χ4n) is 2.32. The second-order valence-electron chi connectivity index (χ2n) is 4.69. The quantitative estimate of drug-likeness (QED) is 0.860. The third-order valence-corrected chi connectivity index (χ3v) is 5.15. The molecular weight excluding hydrogens is 246 g/mol. The Balaban J connectivity index is 1.75. The molecule has 0 spiro atoms. The topological polar surface area (TPSA) is 52.3 Å². The van der Waals surface area contributed by atoms with Crippen LogP contribution in [0.4, 0.5) is 0 Å². The fraction of sp³-hybridized carbons (Fsp3) is 0.571. The molecule has 3 nitrogen and oxygen atoms in total. The Kier molecular flexibility index (Phi) is 5.20. The number of ether oxygens (including phenoxy) is 1. The molecule has 0 aliphatic heterocycles. The van der Waals surface area contributed by atoms with Crippen LogP contribution in [0.25, 0.3) is 0 Å². The van der Waals surface area contributed by atoms with E-state index in [-0.39, 0.29) is 0 Å². The Morgan fingerprint density at radius 2 is 2.11 bits per heavy atom. The number of hydrogen-bond donors (Lipinski definition) is 1. The highest BCUT2D eigenvalue weighted by atomic mass is 32.2. The highest BCUT2D eigenvalue weighted by Gasteiger charge is 2.20. The van der Waals surface area contributed by atoms with E-state index in [9.17, 15) is 4.21 Å². The van der Waals surface area contributed by atoms with Gasteiger partial charge in [0.15, 0.2) is 0 Å². The molecule has 0 saturated heterocycles. The standard InChI is InChI=1S/C14H21NO2S/c15-11-12-4-3-5-13(10-12)17-8-9-18(16)14-6-1-2-7-14/h3-5,10,14H,1-2,6-9,11,15H2. The lowest BCUT2D eigenvalue weighted by atomic mass is 10.2. The number of benzene rings is 1. The third kappa shape index (κ3) is 3.82. The van der Waals surface area contributed by atoms with Gasteiger partial charge in [-0.05, 0) is 30.5 Å². The van der Waals surface area contributed by atoms with Gasteiger partial charge < -0.3 is 10.5 Å². The highest BCUT2D eigenvalue weighted by Crippen LogP contribution is 2.23. The average Bonchev–Trinajstić information content (AvgIpc) is 2.93. The van der Waals surface area contributed by atoms with Crippen LogP contribution < -0.4 is 10.5 Å². The van der Waals surface area contributed by atoms with Crippen LogP contribution in [0.15, 0.2) is 24.3 Å². The van der Waals surface area contributed by atoms with Crippen molar-refractivity contribution in [2.75, 3.05) is 12.4 Å². The van der Waals surface area contributed by atoms with Crippen molar-refractivity contribution < 1.29 is 8.95 Å². The molecule has 2 rings (SSSR count). The van der Waals surface area contributed by atoms with Gasteiger partial charge >= 0.3 is 0 Å². The van der Waals surface area contributed by atoms with Crippen LogP contribution in [-0.2, 0) is 17.3 Å². The summed E-state index contributed by atoms with van der Waals surface area (Å²) in [4.78, 5) is 0. The number of hydrogen-bond acceptors (Lipinski definition) is 3. The summed E-state index contributed by atoms with van der Waals surface area (Å²) in [6.45, 7) is 1.04. The Bertz CT molecular complexity index is 403.